The van der Waals surface area contributed by atoms with E-state index < -0.39 is 11.6 Å². The van der Waals surface area contributed by atoms with Crippen LogP contribution in [0, 0.1) is 23.0 Å². The maximum atomic E-state index is 13.5. The first-order valence-corrected chi connectivity index (χ1v) is 6.97. The molecule has 2 aromatic rings. The van der Waals surface area contributed by atoms with E-state index in [1.807, 2.05) is 6.07 Å². The predicted octanol–water partition coefficient (Wildman–Crippen LogP) is 3.55. The number of halogens is 2. The molecule has 0 amide bonds. The van der Waals surface area contributed by atoms with Crippen molar-refractivity contribution in [1.29, 1.82) is 5.26 Å². The molecule has 0 radical (unpaired) electrons. The van der Waals surface area contributed by atoms with Crippen molar-refractivity contribution in [3.8, 4) is 6.07 Å². The van der Waals surface area contributed by atoms with Crippen LogP contribution in [-0.4, -0.2) is 10.8 Å². The van der Waals surface area contributed by atoms with Crippen LogP contribution in [0.1, 0.15) is 18.1 Å². The van der Waals surface area contributed by atoms with Crippen LogP contribution in [-0.2, 0) is 0 Å². The van der Waals surface area contributed by atoms with Gasteiger partial charge in [0.15, 0.2) is 5.11 Å². The normalized spacial score (nSPS) is 10.8. The molecular formula is C16H12F2N4S. The van der Waals surface area contributed by atoms with Crippen LogP contribution in [0.25, 0.3) is 0 Å². The maximum Gasteiger partial charge on any atom is 0.191 e. The van der Waals surface area contributed by atoms with Gasteiger partial charge in [-0.05, 0) is 49.0 Å². The second-order valence-corrected chi connectivity index (χ2v) is 4.98. The summed E-state index contributed by atoms with van der Waals surface area (Å²) >= 11 is 5.00. The lowest BCUT2D eigenvalue weighted by atomic mass is 10.1. The van der Waals surface area contributed by atoms with Crippen molar-refractivity contribution in [2.24, 2.45) is 5.10 Å². The third kappa shape index (κ3) is 4.56. The summed E-state index contributed by atoms with van der Waals surface area (Å²) in [5.74, 6) is -1.41. The molecule has 0 heterocycles. The van der Waals surface area contributed by atoms with Gasteiger partial charge in [0.1, 0.15) is 11.6 Å². The van der Waals surface area contributed by atoms with E-state index in [0.29, 0.717) is 11.3 Å². The Balaban J connectivity index is 2.00. The third-order valence-corrected chi connectivity index (χ3v) is 3.13. The van der Waals surface area contributed by atoms with Gasteiger partial charge in [0, 0.05) is 6.07 Å². The van der Waals surface area contributed by atoms with Crippen LogP contribution in [0.3, 0.4) is 0 Å². The number of nitrogens with zero attached hydrogens (tertiary/aromatic N) is 2. The minimum atomic E-state index is -0.748. The summed E-state index contributed by atoms with van der Waals surface area (Å²) in [5.41, 5.74) is 4.64. The number of benzene rings is 2. The highest BCUT2D eigenvalue weighted by atomic mass is 32.1. The van der Waals surface area contributed by atoms with Crippen LogP contribution >= 0.6 is 12.2 Å². The maximum absolute atomic E-state index is 13.5. The smallest absolute Gasteiger partial charge is 0.191 e. The van der Waals surface area contributed by atoms with Crippen molar-refractivity contribution in [3.05, 3.63) is 65.2 Å². The quantitative estimate of drug-likeness (QED) is 0.513. The van der Waals surface area contributed by atoms with Crippen molar-refractivity contribution in [2.75, 3.05) is 5.32 Å². The summed E-state index contributed by atoms with van der Waals surface area (Å²) in [7, 11) is 0. The summed E-state index contributed by atoms with van der Waals surface area (Å²) < 4.78 is 26.3. The van der Waals surface area contributed by atoms with Gasteiger partial charge in [-0.15, -0.1) is 0 Å². The lowest BCUT2D eigenvalue weighted by molar-refractivity contribution is 0.586. The van der Waals surface area contributed by atoms with E-state index >= 15 is 0 Å². The predicted molar refractivity (Wildman–Crippen MR) is 89.1 cm³/mol. The highest BCUT2D eigenvalue weighted by molar-refractivity contribution is 7.80. The van der Waals surface area contributed by atoms with Crippen molar-refractivity contribution in [3.63, 3.8) is 0 Å². The number of nitrogens with one attached hydrogen (secondary N) is 2. The Kier molecular flexibility index (Phi) is 5.33. The van der Waals surface area contributed by atoms with E-state index in [4.69, 9.17) is 17.5 Å². The molecule has 0 atom stereocenters. The van der Waals surface area contributed by atoms with Crippen LogP contribution < -0.4 is 10.7 Å². The molecule has 0 saturated heterocycles. The highest BCUT2D eigenvalue weighted by Gasteiger charge is 2.05. The molecule has 116 valence electrons. The summed E-state index contributed by atoms with van der Waals surface area (Å²) in [6.45, 7) is 1.76. The van der Waals surface area contributed by atoms with E-state index in [1.165, 1.54) is 6.07 Å². The van der Waals surface area contributed by atoms with Crippen LogP contribution in [0.15, 0.2) is 47.6 Å². The molecule has 0 aliphatic heterocycles. The Morgan fingerprint density at radius 1 is 1.17 bits per heavy atom. The second-order valence-electron chi connectivity index (χ2n) is 4.58. The molecule has 0 unspecified atom stereocenters. The fourth-order valence-electron chi connectivity index (χ4n) is 1.73. The van der Waals surface area contributed by atoms with E-state index in [0.717, 1.165) is 17.7 Å². The zero-order chi connectivity index (χ0) is 16.8. The average Bonchev–Trinajstić information content (AvgIpc) is 2.55. The highest BCUT2D eigenvalue weighted by Crippen LogP contribution is 2.14. The van der Waals surface area contributed by atoms with Gasteiger partial charge in [-0.2, -0.15) is 10.4 Å². The van der Waals surface area contributed by atoms with Crippen molar-refractivity contribution >= 4 is 28.7 Å². The summed E-state index contributed by atoms with van der Waals surface area (Å²) in [6.07, 6.45) is 0. The van der Waals surface area contributed by atoms with Gasteiger partial charge in [0.05, 0.1) is 23.0 Å². The molecule has 2 aromatic carbocycles. The van der Waals surface area contributed by atoms with Crippen LogP contribution in [0.5, 0.6) is 0 Å². The third-order valence-electron chi connectivity index (χ3n) is 2.94. The molecule has 2 rings (SSSR count). The zero-order valence-corrected chi connectivity index (χ0v) is 12.9. The van der Waals surface area contributed by atoms with Gasteiger partial charge in [0.2, 0.25) is 0 Å². The monoisotopic (exact) mass is 330 g/mol. The second kappa shape index (κ2) is 7.42. The summed E-state index contributed by atoms with van der Waals surface area (Å²) in [4.78, 5) is 0. The number of hydrazone groups is 1. The van der Waals surface area contributed by atoms with E-state index in [2.05, 4.69) is 15.8 Å². The lowest BCUT2D eigenvalue weighted by Crippen LogP contribution is -2.25. The molecule has 0 spiro atoms. The van der Waals surface area contributed by atoms with Gasteiger partial charge < -0.3 is 5.32 Å². The lowest BCUT2D eigenvalue weighted by Gasteiger charge is -2.09. The Morgan fingerprint density at radius 3 is 2.48 bits per heavy atom. The number of thiocarbonyl (C=S) groups is 1. The fourth-order valence-corrected chi connectivity index (χ4v) is 1.88. The fraction of sp³-hybridized carbons (Fsp3) is 0.0625. The molecule has 7 heteroatoms. The molecule has 4 nitrogen and oxygen atoms in total. The van der Waals surface area contributed by atoms with E-state index in [9.17, 15) is 8.78 Å². The van der Waals surface area contributed by atoms with Gasteiger partial charge in [-0.1, -0.05) is 12.1 Å². The Labute approximate surface area is 137 Å². The first kappa shape index (κ1) is 16.5. The zero-order valence-electron chi connectivity index (χ0n) is 12.1. The first-order valence-electron chi connectivity index (χ1n) is 6.56. The number of anilines is 1. The van der Waals surface area contributed by atoms with Crippen LogP contribution in [0.2, 0.25) is 0 Å². The summed E-state index contributed by atoms with van der Waals surface area (Å²) in [5, 5.41) is 15.5. The van der Waals surface area contributed by atoms with Crippen LogP contribution in [0.4, 0.5) is 14.5 Å². The van der Waals surface area contributed by atoms with Crippen molar-refractivity contribution in [2.45, 2.75) is 6.92 Å². The molecule has 0 aliphatic carbocycles. The van der Waals surface area contributed by atoms with E-state index in [1.54, 1.807) is 31.2 Å². The SMILES string of the molecule is C/C(=N\NC(=S)Nc1ccc(F)cc1F)c1ccc(C#N)cc1. The van der Waals surface area contributed by atoms with Gasteiger partial charge in [0.25, 0.3) is 0 Å². The molecular weight excluding hydrogens is 318 g/mol. The molecule has 23 heavy (non-hydrogen) atoms. The number of hydrogen-bond acceptors (Lipinski definition) is 3. The number of hydrogen-bond donors (Lipinski definition) is 2. The number of rotatable bonds is 3. The Bertz CT molecular complexity index is 795. The topological polar surface area (TPSA) is 60.2 Å². The Morgan fingerprint density at radius 2 is 1.87 bits per heavy atom. The molecule has 0 aliphatic rings. The molecule has 0 saturated carbocycles. The minimum absolute atomic E-state index is 0.0510. The van der Waals surface area contributed by atoms with Gasteiger partial charge >= 0.3 is 0 Å². The standard InChI is InChI=1S/C16H12F2N4S/c1-10(12-4-2-11(9-19)3-5-12)21-22-16(23)20-15-7-6-13(17)8-14(15)18/h2-8H,1H3,(H2,20,22,23)/b21-10+. The molecule has 0 aromatic heterocycles. The number of nitriles is 1. The molecule has 0 bridgehead atoms. The largest absolute Gasteiger partial charge is 0.329 e. The first-order chi connectivity index (χ1) is 11.0. The molecule has 0 fully saturated rings. The van der Waals surface area contributed by atoms with Crippen molar-refractivity contribution in [1.82, 2.24) is 5.43 Å². The Hall–Kier alpha value is -2.85. The van der Waals surface area contributed by atoms with Gasteiger partial charge in [-0.25, -0.2) is 8.78 Å². The molecule has 2 N–H and O–H groups in total. The van der Waals surface area contributed by atoms with E-state index in [-0.39, 0.29) is 10.8 Å². The minimum Gasteiger partial charge on any atom is -0.329 e. The summed E-state index contributed by atoms with van der Waals surface area (Å²) in [6, 6.07) is 12.0. The van der Waals surface area contributed by atoms with Crippen molar-refractivity contribution < 1.29 is 8.78 Å². The van der Waals surface area contributed by atoms with Gasteiger partial charge in [-0.3, -0.25) is 5.43 Å². The average molecular weight is 330 g/mol.